The second-order valence-corrected chi connectivity index (χ2v) is 18.0. The van der Waals surface area contributed by atoms with Crippen molar-refractivity contribution in [3.8, 4) is 0 Å². The van der Waals surface area contributed by atoms with Crippen LogP contribution in [-0.2, 0) is 42.0 Å². The number of imidazole rings is 1. The van der Waals surface area contributed by atoms with E-state index in [9.17, 15) is 43.3 Å². The number of allylic oxidation sites excluding steroid dienone is 1. The molecule has 2 fully saturated rings. The maximum absolute atomic E-state index is 13.9. The number of amides is 1. The fourth-order valence-electron chi connectivity index (χ4n) is 5.78. The minimum atomic E-state index is -5.09. The van der Waals surface area contributed by atoms with Crippen molar-refractivity contribution in [2.45, 2.75) is 67.8 Å². The topological polar surface area (TPSA) is 338 Å². The highest BCUT2D eigenvalue weighted by atomic mass is 33.1. The average molecular weight is 852 g/mol. The molecule has 2 saturated heterocycles. The monoisotopic (exact) mass is 851 g/mol. The predicted octanol–water partition coefficient (Wildman–Crippen LogP) is -0.153. The quantitative estimate of drug-likeness (QED) is 0.0378. The molecule has 5 rings (SSSR count). The van der Waals surface area contributed by atoms with Crippen molar-refractivity contribution in [1.82, 2.24) is 34.4 Å². The molecule has 0 spiro atoms. The van der Waals surface area contributed by atoms with Gasteiger partial charge in [-0.25, -0.2) is 29.1 Å². The normalized spacial score (nSPS) is 25.7. The smallest absolute Gasteiger partial charge is 0.455 e. The molecule has 2 aliphatic rings. The lowest BCUT2D eigenvalue weighted by atomic mass is 10.1. The number of carbonyl (C=O) groups excluding carboxylic acids is 2. The number of fused-ring (bicyclic) bond motifs is 1. The number of ether oxygens (including phenoxy) is 3. The molecule has 23 nitrogen and oxygen atoms in total. The maximum Gasteiger partial charge on any atom is 0.469 e. The number of hydrogen-bond acceptors (Lipinski definition) is 19. The van der Waals surface area contributed by atoms with Gasteiger partial charge in [0.25, 0.3) is 0 Å². The van der Waals surface area contributed by atoms with Gasteiger partial charge in [0.1, 0.15) is 42.1 Å². The van der Waals surface area contributed by atoms with Crippen molar-refractivity contribution < 1.29 is 61.8 Å². The Hall–Kier alpha value is -3.45. The number of phosphoric acid groups is 1. The van der Waals surface area contributed by atoms with Crippen molar-refractivity contribution in [3.05, 3.63) is 48.1 Å². The Balaban J connectivity index is 1.41. The summed E-state index contributed by atoms with van der Waals surface area (Å²) >= 11 is 0. The standard InChI is InChI=1S/C28H39N9O14P2S2/c1-3-4-5-19(38)34-14(11-55-54-2)27(40)51-23-16(50-26(22(23)39)37-13-33-21-24(30)31-12-32-25(21)37)10-47-52(42,43)17-8-20(36-7-6-18(29)35-28(36)41)49-15(17)9-48-53(44,45)46/h3,6-7,12-17,20,22-23,26,39H,1,4-5,8-11H2,2H3,(H,34,38)(H,42,43)(H2,29,35,41)(H2,30,31,32)(H2,44,45,46)/t14-,15+,16+,17-,20+,22+,23+,26+/m0/s1. The first kappa shape index (κ1) is 42.7. The van der Waals surface area contributed by atoms with Crippen LogP contribution in [0.4, 0.5) is 11.6 Å². The summed E-state index contributed by atoms with van der Waals surface area (Å²) in [6, 6.07) is 0.0946. The van der Waals surface area contributed by atoms with Crippen LogP contribution in [0.3, 0.4) is 0 Å². The number of rotatable bonds is 18. The van der Waals surface area contributed by atoms with Crippen molar-refractivity contribution in [2.24, 2.45) is 0 Å². The Morgan fingerprint density at radius 1 is 1.15 bits per heavy atom. The SMILES string of the molecule is C=CCCC(=O)N[C@@H](CSSC)C(=O)O[C@H]1[C@@H](O)[C@H](n2cnc3c(N)ncnc32)O[C@@H]1COP(=O)(O)[C@H]1C[C@H](n2ccc(N)nc2=O)O[C@@H]1COP(=O)(O)O. The molecule has 2 aliphatic heterocycles. The lowest BCUT2D eigenvalue weighted by Gasteiger charge is -2.26. The second-order valence-electron chi connectivity index (χ2n) is 12.1. The van der Waals surface area contributed by atoms with Gasteiger partial charge in [-0.15, -0.1) is 6.58 Å². The highest BCUT2D eigenvalue weighted by molar-refractivity contribution is 8.76. The Morgan fingerprint density at radius 3 is 2.58 bits per heavy atom. The number of aliphatic hydroxyl groups is 1. The van der Waals surface area contributed by atoms with E-state index in [0.29, 0.717) is 6.42 Å². The summed E-state index contributed by atoms with van der Waals surface area (Å²) in [7, 11) is -7.44. The molecule has 0 bridgehead atoms. The van der Waals surface area contributed by atoms with Crippen LogP contribution in [0.2, 0.25) is 0 Å². The van der Waals surface area contributed by atoms with Crippen LogP contribution in [-0.4, -0.2) is 122 Å². The van der Waals surface area contributed by atoms with Gasteiger partial charge in [0, 0.05) is 24.8 Å². The third-order valence-corrected chi connectivity index (χ3v) is 12.6. The van der Waals surface area contributed by atoms with E-state index in [1.165, 1.54) is 44.7 Å². The number of nitrogens with one attached hydrogen (secondary N) is 1. The van der Waals surface area contributed by atoms with Gasteiger partial charge in [0.2, 0.25) is 5.91 Å². The van der Waals surface area contributed by atoms with Gasteiger partial charge in [0.15, 0.2) is 23.8 Å². The summed E-state index contributed by atoms with van der Waals surface area (Å²) in [5.74, 6) is -1.42. The minimum absolute atomic E-state index is 0.0213. The zero-order chi connectivity index (χ0) is 40.1. The molecule has 27 heteroatoms. The second kappa shape index (κ2) is 18.2. The molecule has 302 valence electrons. The number of hydrogen-bond donors (Lipinski definition) is 7. The predicted molar refractivity (Wildman–Crippen MR) is 196 cm³/mol. The molecule has 5 heterocycles. The minimum Gasteiger partial charge on any atom is -0.455 e. The van der Waals surface area contributed by atoms with Gasteiger partial charge in [0.05, 0.1) is 31.3 Å². The van der Waals surface area contributed by atoms with E-state index in [4.69, 9.17) is 30.2 Å². The van der Waals surface area contributed by atoms with Gasteiger partial charge in [-0.2, -0.15) is 4.98 Å². The zero-order valence-corrected chi connectivity index (χ0v) is 32.3. The summed E-state index contributed by atoms with van der Waals surface area (Å²) in [6.45, 7) is 1.89. The maximum atomic E-state index is 13.9. The number of nitrogen functional groups attached to an aromatic ring is 2. The summed E-state index contributed by atoms with van der Waals surface area (Å²) < 4.78 is 55.4. The summed E-state index contributed by atoms with van der Waals surface area (Å²) in [6.07, 6.45) is -1.93. The van der Waals surface area contributed by atoms with Crippen LogP contribution >= 0.6 is 37.0 Å². The highest BCUT2D eigenvalue weighted by Crippen LogP contribution is 2.56. The van der Waals surface area contributed by atoms with E-state index in [-0.39, 0.29) is 35.0 Å². The van der Waals surface area contributed by atoms with Gasteiger partial charge in [-0.05, 0) is 18.7 Å². The first-order valence-electron chi connectivity index (χ1n) is 16.2. The van der Waals surface area contributed by atoms with E-state index < -0.39 is 101 Å². The number of carbonyl (C=O) groups is 2. The van der Waals surface area contributed by atoms with E-state index in [0.717, 1.165) is 10.9 Å². The van der Waals surface area contributed by atoms with E-state index >= 15 is 0 Å². The summed E-state index contributed by atoms with van der Waals surface area (Å²) in [4.78, 5) is 84.5. The number of phosphoric ester groups is 1. The summed E-state index contributed by atoms with van der Waals surface area (Å²) in [5, 5.41) is 14.2. The number of aromatic nitrogens is 6. The Morgan fingerprint density at radius 2 is 1.89 bits per heavy atom. The molecule has 0 saturated carbocycles. The third kappa shape index (κ3) is 10.5. The van der Waals surface area contributed by atoms with Crippen molar-refractivity contribution >= 4 is 71.7 Å². The van der Waals surface area contributed by atoms with Crippen LogP contribution in [0.5, 0.6) is 0 Å². The van der Waals surface area contributed by atoms with Crippen molar-refractivity contribution in [1.29, 1.82) is 0 Å². The number of aliphatic hydroxyl groups excluding tert-OH is 1. The van der Waals surface area contributed by atoms with Crippen molar-refractivity contribution in [2.75, 3.05) is 36.7 Å². The molecule has 0 aliphatic carbocycles. The molecular weight excluding hydrogens is 812 g/mol. The molecule has 0 radical (unpaired) electrons. The zero-order valence-electron chi connectivity index (χ0n) is 28.9. The number of anilines is 2. The van der Waals surface area contributed by atoms with Crippen LogP contribution in [0.1, 0.15) is 31.7 Å². The first-order valence-corrected chi connectivity index (χ1v) is 22.1. The van der Waals surface area contributed by atoms with E-state index in [1.54, 1.807) is 12.3 Å². The molecule has 9 N–H and O–H groups in total. The van der Waals surface area contributed by atoms with Crippen LogP contribution in [0.15, 0.2) is 42.4 Å². The first-order chi connectivity index (χ1) is 26.0. The van der Waals surface area contributed by atoms with Crippen LogP contribution in [0.25, 0.3) is 11.2 Å². The fourth-order valence-corrected chi connectivity index (χ4v) is 9.00. The third-order valence-electron chi connectivity index (χ3n) is 8.39. The van der Waals surface area contributed by atoms with E-state index in [2.05, 4.69) is 36.4 Å². The molecule has 3 aromatic heterocycles. The summed E-state index contributed by atoms with van der Waals surface area (Å²) in [5.41, 5.74) is 9.37. The average Bonchev–Trinajstić information content (AvgIpc) is 3.83. The molecule has 9 atom stereocenters. The fraction of sp³-hybridized carbons (Fsp3) is 0.536. The number of nitrogens with zero attached hydrogens (tertiary/aromatic N) is 6. The van der Waals surface area contributed by atoms with Crippen LogP contribution in [0, 0.1) is 0 Å². The lowest BCUT2D eigenvalue weighted by Crippen LogP contribution is -2.47. The Kier molecular flexibility index (Phi) is 14.1. The molecule has 55 heavy (non-hydrogen) atoms. The van der Waals surface area contributed by atoms with Gasteiger partial charge in [-0.1, -0.05) is 27.7 Å². The molecular formula is C28H39N9O14P2S2. The lowest BCUT2D eigenvalue weighted by molar-refractivity contribution is -0.159. The van der Waals surface area contributed by atoms with Crippen molar-refractivity contribution in [3.63, 3.8) is 0 Å². The molecule has 1 amide bonds. The van der Waals surface area contributed by atoms with Gasteiger partial charge in [-0.3, -0.25) is 23.0 Å². The largest absolute Gasteiger partial charge is 0.469 e. The van der Waals surface area contributed by atoms with Crippen LogP contribution < -0.4 is 22.5 Å². The van der Waals surface area contributed by atoms with Gasteiger partial charge >= 0.3 is 27.1 Å². The molecule has 1 unspecified atom stereocenters. The highest BCUT2D eigenvalue weighted by Gasteiger charge is 2.52. The molecule has 0 aromatic carbocycles. The number of nitrogens with two attached hydrogens (primary N) is 2. The Labute approximate surface area is 319 Å². The molecule has 3 aromatic rings. The van der Waals surface area contributed by atoms with E-state index in [1.807, 2.05) is 0 Å². The van der Waals surface area contributed by atoms with Gasteiger partial charge < -0.3 is 55.3 Å². The Bertz CT molecular complexity index is 2020. The number of esters is 1.